The Morgan fingerprint density at radius 3 is 2.51 bits per heavy atom. The quantitative estimate of drug-likeness (QED) is 0.297. The predicted octanol–water partition coefficient (Wildman–Crippen LogP) is 6.65. The van der Waals surface area contributed by atoms with Crippen LogP contribution < -0.4 is 14.8 Å². The maximum atomic E-state index is 12.8. The number of nitrogens with zero attached hydrogens (tertiary/aromatic N) is 1. The lowest BCUT2D eigenvalue weighted by Crippen LogP contribution is -2.36. The van der Waals surface area contributed by atoms with Gasteiger partial charge >= 0.3 is 0 Å². The van der Waals surface area contributed by atoms with Crippen LogP contribution in [0, 0.1) is 0 Å². The first-order valence-electron chi connectivity index (χ1n) is 11.3. The van der Waals surface area contributed by atoms with Gasteiger partial charge in [-0.15, -0.1) is 0 Å². The molecule has 0 aliphatic carbocycles. The predicted molar refractivity (Wildman–Crippen MR) is 146 cm³/mol. The first-order valence-corrected chi connectivity index (χ1v) is 12.8. The summed E-state index contributed by atoms with van der Waals surface area (Å²) < 4.78 is 11.2. The minimum absolute atomic E-state index is 0.219. The molecule has 0 aromatic heterocycles. The fraction of sp³-hybridized carbons (Fsp3) is 0.148. The Bertz CT molecular complexity index is 1360. The third kappa shape index (κ3) is 7.07. The number of hydrogen-bond acceptors (Lipinski definition) is 6. The van der Waals surface area contributed by atoms with Crippen molar-refractivity contribution < 1.29 is 23.9 Å². The summed E-state index contributed by atoms with van der Waals surface area (Å²) in [6, 6.07) is 19.1. The van der Waals surface area contributed by atoms with Crippen molar-refractivity contribution >= 4 is 63.8 Å². The Balaban J connectivity index is 1.37. The molecule has 0 bridgehead atoms. The smallest absolute Gasteiger partial charge is 0.294 e. The molecule has 7 nitrogen and oxygen atoms in total. The second kappa shape index (κ2) is 12.2. The van der Waals surface area contributed by atoms with E-state index in [1.54, 1.807) is 72.8 Å². The van der Waals surface area contributed by atoms with Crippen molar-refractivity contribution in [2.24, 2.45) is 0 Å². The second-order valence-corrected chi connectivity index (χ2v) is 9.71. The SMILES string of the molecule is CCOc1ccc(NC(=O)CN2C(=O)S/C(=C/c3cccc(OCc4ccc(Cl)cc4Cl)c3)C2=O)cc1. The van der Waals surface area contributed by atoms with Gasteiger partial charge < -0.3 is 14.8 Å². The molecule has 4 rings (SSSR count). The van der Waals surface area contributed by atoms with Gasteiger partial charge in [0.25, 0.3) is 11.1 Å². The third-order valence-electron chi connectivity index (χ3n) is 5.19. The highest BCUT2D eigenvalue weighted by Crippen LogP contribution is 2.33. The summed E-state index contributed by atoms with van der Waals surface area (Å²) in [4.78, 5) is 38.9. The van der Waals surface area contributed by atoms with Gasteiger partial charge in [-0.1, -0.05) is 41.4 Å². The van der Waals surface area contributed by atoms with E-state index in [1.807, 2.05) is 6.92 Å². The highest BCUT2D eigenvalue weighted by Gasteiger charge is 2.36. The zero-order chi connectivity index (χ0) is 26.4. The van der Waals surface area contributed by atoms with E-state index >= 15 is 0 Å². The van der Waals surface area contributed by atoms with Crippen LogP contribution in [-0.4, -0.2) is 35.1 Å². The molecule has 190 valence electrons. The van der Waals surface area contributed by atoms with E-state index in [4.69, 9.17) is 32.7 Å². The van der Waals surface area contributed by atoms with E-state index in [1.165, 1.54) is 0 Å². The molecule has 3 amide bonds. The van der Waals surface area contributed by atoms with Gasteiger partial charge in [-0.3, -0.25) is 19.3 Å². The van der Waals surface area contributed by atoms with Crippen LogP contribution >= 0.6 is 35.0 Å². The number of halogens is 2. The highest BCUT2D eigenvalue weighted by molar-refractivity contribution is 8.18. The normalized spacial score (nSPS) is 14.2. The number of amides is 3. The lowest BCUT2D eigenvalue weighted by molar-refractivity contribution is -0.127. The highest BCUT2D eigenvalue weighted by atomic mass is 35.5. The van der Waals surface area contributed by atoms with Crippen LogP contribution in [0.5, 0.6) is 11.5 Å². The van der Waals surface area contributed by atoms with Crippen molar-refractivity contribution in [1.29, 1.82) is 0 Å². The van der Waals surface area contributed by atoms with Crippen molar-refractivity contribution in [2.45, 2.75) is 13.5 Å². The molecule has 0 saturated carbocycles. The van der Waals surface area contributed by atoms with Crippen molar-refractivity contribution in [3.8, 4) is 11.5 Å². The number of hydrogen-bond donors (Lipinski definition) is 1. The standard InChI is InChI=1S/C27H22Cl2N2O5S/c1-2-35-21-10-8-20(9-11-21)30-25(32)15-31-26(33)24(37-27(31)34)13-17-4-3-5-22(12-17)36-16-18-6-7-19(28)14-23(18)29/h3-14H,2,15-16H2,1H3,(H,30,32)/b24-13+. The summed E-state index contributed by atoms with van der Waals surface area (Å²) >= 11 is 12.9. The van der Waals surface area contributed by atoms with E-state index in [0.29, 0.717) is 39.4 Å². The van der Waals surface area contributed by atoms with Gasteiger partial charge in [0.05, 0.1) is 11.5 Å². The third-order valence-corrected chi connectivity index (χ3v) is 6.68. The first-order chi connectivity index (χ1) is 17.8. The van der Waals surface area contributed by atoms with Crippen LogP contribution in [0.4, 0.5) is 10.5 Å². The van der Waals surface area contributed by atoms with Crippen LogP contribution in [0.1, 0.15) is 18.1 Å². The lowest BCUT2D eigenvalue weighted by atomic mass is 10.2. The number of imide groups is 1. The molecule has 0 unspecified atom stereocenters. The van der Waals surface area contributed by atoms with Crippen LogP contribution in [0.3, 0.4) is 0 Å². The molecular formula is C27H22Cl2N2O5S. The van der Waals surface area contributed by atoms with Crippen LogP contribution in [0.2, 0.25) is 10.0 Å². The molecule has 1 N–H and O–H groups in total. The summed E-state index contributed by atoms with van der Waals surface area (Å²) in [5.41, 5.74) is 1.98. The van der Waals surface area contributed by atoms with Crippen LogP contribution in [0.15, 0.2) is 71.6 Å². The molecule has 1 fully saturated rings. The number of ether oxygens (including phenoxy) is 2. The largest absolute Gasteiger partial charge is 0.494 e. The molecule has 1 aliphatic rings. The topological polar surface area (TPSA) is 84.9 Å². The molecule has 3 aromatic rings. The van der Waals surface area contributed by atoms with Crippen LogP contribution in [-0.2, 0) is 16.2 Å². The first kappa shape index (κ1) is 26.6. The van der Waals surface area contributed by atoms with Gasteiger partial charge in [-0.25, -0.2) is 0 Å². The lowest BCUT2D eigenvalue weighted by Gasteiger charge is -2.12. The molecule has 0 spiro atoms. The zero-order valence-corrected chi connectivity index (χ0v) is 22.0. The number of anilines is 1. The number of carbonyl (C=O) groups excluding carboxylic acids is 3. The minimum Gasteiger partial charge on any atom is -0.494 e. The maximum Gasteiger partial charge on any atom is 0.294 e. The van der Waals surface area contributed by atoms with Crippen molar-refractivity contribution in [2.75, 3.05) is 18.5 Å². The monoisotopic (exact) mass is 556 g/mol. The fourth-order valence-corrected chi connectivity index (χ4v) is 4.73. The van der Waals surface area contributed by atoms with E-state index in [-0.39, 0.29) is 18.1 Å². The fourth-order valence-electron chi connectivity index (χ4n) is 3.43. The van der Waals surface area contributed by atoms with E-state index in [2.05, 4.69) is 5.32 Å². The summed E-state index contributed by atoms with van der Waals surface area (Å²) in [5, 5.41) is 3.22. The second-order valence-electron chi connectivity index (χ2n) is 7.87. The number of carbonyl (C=O) groups is 3. The van der Waals surface area contributed by atoms with Gasteiger partial charge in [0, 0.05) is 21.3 Å². The Morgan fingerprint density at radius 2 is 1.78 bits per heavy atom. The van der Waals surface area contributed by atoms with Crippen molar-refractivity contribution in [3.05, 3.63) is 92.8 Å². The zero-order valence-electron chi connectivity index (χ0n) is 19.7. The van der Waals surface area contributed by atoms with Crippen molar-refractivity contribution in [1.82, 2.24) is 4.90 Å². The molecule has 37 heavy (non-hydrogen) atoms. The molecule has 3 aromatic carbocycles. The molecule has 0 radical (unpaired) electrons. The molecule has 10 heteroatoms. The molecule has 1 heterocycles. The number of benzene rings is 3. The Labute approximate surface area is 228 Å². The van der Waals surface area contributed by atoms with Crippen LogP contribution in [0.25, 0.3) is 6.08 Å². The Morgan fingerprint density at radius 1 is 1.00 bits per heavy atom. The maximum absolute atomic E-state index is 12.8. The number of rotatable bonds is 9. The van der Waals surface area contributed by atoms with E-state index in [9.17, 15) is 14.4 Å². The van der Waals surface area contributed by atoms with Gasteiger partial charge in [0.2, 0.25) is 5.91 Å². The molecule has 1 aliphatic heterocycles. The number of thioether (sulfide) groups is 1. The van der Waals surface area contributed by atoms with Gasteiger partial charge in [-0.2, -0.15) is 0 Å². The van der Waals surface area contributed by atoms with Crippen molar-refractivity contribution in [3.63, 3.8) is 0 Å². The Hall–Kier alpha value is -3.46. The average molecular weight is 557 g/mol. The number of nitrogens with one attached hydrogen (secondary N) is 1. The van der Waals surface area contributed by atoms with E-state index in [0.717, 1.165) is 22.2 Å². The molecular weight excluding hydrogens is 535 g/mol. The molecule has 1 saturated heterocycles. The Kier molecular flexibility index (Phi) is 8.76. The van der Waals surface area contributed by atoms with Gasteiger partial charge in [0.15, 0.2) is 0 Å². The summed E-state index contributed by atoms with van der Waals surface area (Å²) in [7, 11) is 0. The summed E-state index contributed by atoms with van der Waals surface area (Å²) in [6.45, 7) is 2.26. The summed E-state index contributed by atoms with van der Waals surface area (Å²) in [6.07, 6.45) is 1.59. The average Bonchev–Trinajstić information content (AvgIpc) is 3.12. The minimum atomic E-state index is -0.531. The molecule has 0 atom stereocenters. The van der Waals surface area contributed by atoms with Gasteiger partial charge in [-0.05, 0) is 78.9 Å². The van der Waals surface area contributed by atoms with E-state index < -0.39 is 17.1 Å². The van der Waals surface area contributed by atoms with Gasteiger partial charge in [0.1, 0.15) is 24.7 Å². The summed E-state index contributed by atoms with van der Waals surface area (Å²) in [5.74, 6) is 0.230.